The average Bonchev–Trinajstić information content (AvgIpc) is 2.59. The van der Waals surface area contributed by atoms with Crippen molar-refractivity contribution < 1.29 is 14.3 Å². The Morgan fingerprint density at radius 1 is 1.00 bits per heavy atom. The van der Waals surface area contributed by atoms with Gasteiger partial charge in [-0.15, -0.1) is 0 Å². The normalized spacial score (nSPS) is 11.1. The molecule has 0 aliphatic rings. The van der Waals surface area contributed by atoms with Crippen LogP contribution >= 0.6 is 0 Å². The largest absolute Gasteiger partial charge is 0.496 e. The molecule has 0 fully saturated rings. The number of aryl methyl sites for hydroxylation is 1. The first-order valence-electron chi connectivity index (χ1n) is 9.28. The molecule has 0 spiro atoms. The standard InChI is InChI=1S/C22H30O3/c1-16(2)10-7-5-6-8-15-25-22(23)21-19-12-9-11-17(3)18(19)13-14-20(21)24-4/h9,11-14,16H,5-8,10,15H2,1-4H3. The van der Waals surface area contributed by atoms with Crippen molar-refractivity contribution in [3.05, 3.63) is 41.5 Å². The molecule has 0 unspecified atom stereocenters. The second-order valence-electron chi connectivity index (χ2n) is 7.05. The lowest BCUT2D eigenvalue weighted by Gasteiger charge is -2.13. The van der Waals surface area contributed by atoms with Crippen molar-refractivity contribution in [1.29, 1.82) is 0 Å². The fourth-order valence-corrected chi connectivity index (χ4v) is 3.12. The van der Waals surface area contributed by atoms with Gasteiger partial charge in [-0.25, -0.2) is 4.79 Å². The average molecular weight is 342 g/mol. The van der Waals surface area contributed by atoms with Crippen LogP contribution in [-0.2, 0) is 4.74 Å². The lowest BCUT2D eigenvalue weighted by molar-refractivity contribution is 0.0496. The van der Waals surface area contributed by atoms with Gasteiger partial charge in [0.05, 0.1) is 13.7 Å². The number of hydrogen-bond acceptors (Lipinski definition) is 3. The zero-order valence-electron chi connectivity index (χ0n) is 15.9. The van der Waals surface area contributed by atoms with Gasteiger partial charge >= 0.3 is 5.97 Å². The van der Waals surface area contributed by atoms with Crippen LogP contribution in [0.2, 0.25) is 0 Å². The Labute approximate surface area is 151 Å². The van der Waals surface area contributed by atoms with E-state index in [0.717, 1.165) is 35.1 Å². The predicted molar refractivity (Wildman–Crippen MR) is 103 cm³/mol. The molecule has 2 aromatic carbocycles. The molecule has 0 amide bonds. The van der Waals surface area contributed by atoms with Crippen LogP contribution in [-0.4, -0.2) is 19.7 Å². The molecular formula is C22H30O3. The summed E-state index contributed by atoms with van der Waals surface area (Å²) in [4.78, 5) is 12.6. The third-order valence-corrected chi connectivity index (χ3v) is 4.57. The highest BCUT2D eigenvalue weighted by Crippen LogP contribution is 2.30. The molecule has 3 heteroatoms. The summed E-state index contributed by atoms with van der Waals surface area (Å²) < 4.78 is 10.9. The summed E-state index contributed by atoms with van der Waals surface area (Å²) in [6.45, 7) is 7.01. The van der Waals surface area contributed by atoms with E-state index in [1.807, 2.05) is 37.3 Å². The zero-order valence-corrected chi connectivity index (χ0v) is 15.9. The SMILES string of the molecule is COc1ccc2c(C)cccc2c1C(=O)OCCCCCCC(C)C. The molecule has 0 atom stereocenters. The van der Waals surface area contributed by atoms with Gasteiger partial charge in [0.15, 0.2) is 0 Å². The Kier molecular flexibility index (Phi) is 7.30. The van der Waals surface area contributed by atoms with E-state index < -0.39 is 0 Å². The van der Waals surface area contributed by atoms with E-state index >= 15 is 0 Å². The number of esters is 1. The quantitative estimate of drug-likeness (QED) is 0.419. The molecule has 0 bridgehead atoms. The topological polar surface area (TPSA) is 35.5 Å². The van der Waals surface area contributed by atoms with Crippen LogP contribution in [0.5, 0.6) is 5.75 Å². The van der Waals surface area contributed by atoms with Gasteiger partial charge in [-0.1, -0.05) is 63.8 Å². The lowest BCUT2D eigenvalue weighted by Crippen LogP contribution is -2.09. The minimum absolute atomic E-state index is 0.296. The minimum Gasteiger partial charge on any atom is -0.496 e. The van der Waals surface area contributed by atoms with E-state index in [0.29, 0.717) is 17.9 Å². The fraction of sp³-hybridized carbons (Fsp3) is 0.500. The van der Waals surface area contributed by atoms with E-state index in [4.69, 9.17) is 9.47 Å². The Balaban J connectivity index is 1.98. The first kappa shape index (κ1) is 19.3. The second-order valence-corrected chi connectivity index (χ2v) is 7.05. The third-order valence-electron chi connectivity index (χ3n) is 4.57. The van der Waals surface area contributed by atoms with Gasteiger partial charge in [0.2, 0.25) is 0 Å². The third kappa shape index (κ3) is 5.22. The Bertz CT molecular complexity index is 704. The van der Waals surface area contributed by atoms with Gasteiger partial charge in [-0.05, 0) is 36.3 Å². The molecule has 136 valence electrons. The molecule has 0 saturated heterocycles. The van der Waals surface area contributed by atoms with Gasteiger partial charge in [-0.2, -0.15) is 0 Å². The van der Waals surface area contributed by atoms with Crippen molar-refractivity contribution in [2.24, 2.45) is 5.92 Å². The molecular weight excluding hydrogens is 312 g/mol. The molecule has 0 radical (unpaired) electrons. The summed E-state index contributed by atoms with van der Waals surface area (Å²) in [7, 11) is 1.59. The first-order chi connectivity index (χ1) is 12.0. The summed E-state index contributed by atoms with van der Waals surface area (Å²) in [6, 6.07) is 9.80. The highest BCUT2D eigenvalue weighted by Gasteiger charge is 2.18. The second kappa shape index (κ2) is 9.45. The van der Waals surface area contributed by atoms with Crippen molar-refractivity contribution >= 4 is 16.7 Å². The highest BCUT2D eigenvalue weighted by atomic mass is 16.5. The molecule has 0 heterocycles. The van der Waals surface area contributed by atoms with Crippen LogP contribution in [0.4, 0.5) is 0 Å². The summed E-state index contributed by atoms with van der Waals surface area (Å²) in [5.41, 5.74) is 1.67. The number of methoxy groups -OCH3 is 1. The molecule has 0 saturated carbocycles. The van der Waals surface area contributed by atoms with Crippen molar-refractivity contribution in [1.82, 2.24) is 0 Å². The summed E-state index contributed by atoms with van der Waals surface area (Å²) in [6.07, 6.45) is 5.74. The number of fused-ring (bicyclic) bond motifs is 1. The maximum Gasteiger partial charge on any atom is 0.342 e. The Morgan fingerprint density at radius 3 is 2.48 bits per heavy atom. The van der Waals surface area contributed by atoms with Gasteiger partial charge in [0.25, 0.3) is 0 Å². The summed E-state index contributed by atoms with van der Waals surface area (Å²) in [5.74, 6) is 1.04. The van der Waals surface area contributed by atoms with Crippen LogP contribution in [0.3, 0.4) is 0 Å². The number of carbonyl (C=O) groups excluding carboxylic acids is 1. The molecule has 0 N–H and O–H groups in total. The predicted octanol–water partition coefficient (Wildman–Crippen LogP) is 5.92. The smallest absolute Gasteiger partial charge is 0.342 e. The number of hydrogen-bond donors (Lipinski definition) is 0. The molecule has 0 aliphatic heterocycles. The van der Waals surface area contributed by atoms with E-state index in [1.165, 1.54) is 19.3 Å². The zero-order chi connectivity index (χ0) is 18.2. The van der Waals surface area contributed by atoms with Crippen LogP contribution < -0.4 is 4.74 Å². The maximum absolute atomic E-state index is 12.6. The van der Waals surface area contributed by atoms with E-state index in [9.17, 15) is 4.79 Å². The Morgan fingerprint density at radius 2 is 1.76 bits per heavy atom. The van der Waals surface area contributed by atoms with Crippen LogP contribution in [0.15, 0.2) is 30.3 Å². The number of ether oxygens (including phenoxy) is 2. The number of rotatable bonds is 9. The van der Waals surface area contributed by atoms with Crippen molar-refractivity contribution in [2.45, 2.75) is 52.9 Å². The minimum atomic E-state index is -0.296. The molecule has 0 aliphatic carbocycles. The van der Waals surface area contributed by atoms with Crippen LogP contribution in [0.25, 0.3) is 10.8 Å². The number of benzene rings is 2. The Hall–Kier alpha value is -2.03. The molecule has 3 nitrogen and oxygen atoms in total. The number of carbonyl (C=O) groups is 1. The van der Waals surface area contributed by atoms with Gasteiger partial charge < -0.3 is 9.47 Å². The first-order valence-corrected chi connectivity index (χ1v) is 9.28. The lowest BCUT2D eigenvalue weighted by atomic mass is 10.00. The van der Waals surface area contributed by atoms with Crippen molar-refractivity contribution in [3.8, 4) is 5.75 Å². The van der Waals surface area contributed by atoms with Crippen LogP contribution in [0.1, 0.15) is 61.9 Å². The molecule has 0 aromatic heterocycles. The van der Waals surface area contributed by atoms with Crippen molar-refractivity contribution in [2.75, 3.05) is 13.7 Å². The summed E-state index contributed by atoms with van der Waals surface area (Å²) >= 11 is 0. The van der Waals surface area contributed by atoms with Gasteiger partial charge in [0.1, 0.15) is 11.3 Å². The van der Waals surface area contributed by atoms with E-state index in [2.05, 4.69) is 13.8 Å². The highest BCUT2D eigenvalue weighted by molar-refractivity contribution is 6.07. The number of unbranched alkanes of at least 4 members (excludes halogenated alkanes) is 3. The van der Waals surface area contributed by atoms with Crippen LogP contribution in [0, 0.1) is 12.8 Å². The van der Waals surface area contributed by atoms with Gasteiger partial charge in [-0.3, -0.25) is 0 Å². The maximum atomic E-state index is 12.6. The summed E-state index contributed by atoms with van der Waals surface area (Å²) in [5, 5.41) is 1.95. The molecule has 25 heavy (non-hydrogen) atoms. The van der Waals surface area contributed by atoms with E-state index in [-0.39, 0.29) is 5.97 Å². The fourth-order valence-electron chi connectivity index (χ4n) is 3.12. The van der Waals surface area contributed by atoms with Crippen molar-refractivity contribution in [3.63, 3.8) is 0 Å². The monoisotopic (exact) mass is 342 g/mol. The molecule has 2 aromatic rings. The van der Waals surface area contributed by atoms with Gasteiger partial charge in [0, 0.05) is 5.39 Å². The van der Waals surface area contributed by atoms with E-state index in [1.54, 1.807) is 7.11 Å². The molecule has 2 rings (SSSR count).